The average Bonchev–Trinajstić information content (AvgIpc) is 2.60. The zero-order chi connectivity index (χ0) is 18.5. The van der Waals surface area contributed by atoms with Gasteiger partial charge in [0, 0.05) is 36.8 Å². The van der Waals surface area contributed by atoms with Crippen LogP contribution in [0.1, 0.15) is 22.6 Å². The summed E-state index contributed by atoms with van der Waals surface area (Å²) in [5.41, 5.74) is 0.596. The van der Waals surface area contributed by atoms with Gasteiger partial charge in [0.1, 0.15) is 23.0 Å². The lowest BCUT2D eigenvalue weighted by molar-refractivity contribution is -0.137. The molecule has 0 fully saturated rings. The number of halogens is 4. The molecule has 4 rings (SSSR count). The summed E-state index contributed by atoms with van der Waals surface area (Å²) in [6.45, 7) is 2.43. The molecule has 0 bridgehead atoms. The topological polar surface area (TPSA) is 41.9 Å². The van der Waals surface area contributed by atoms with Crippen molar-refractivity contribution in [3.63, 3.8) is 0 Å². The number of rotatable bonds is 1. The van der Waals surface area contributed by atoms with Gasteiger partial charge >= 0.3 is 6.18 Å². The molecule has 0 radical (unpaired) electrons. The summed E-state index contributed by atoms with van der Waals surface area (Å²) in [7, 11) is 0. The number of hydrogen-bond acceptors (Lipinski definition) is 4. The van der Waals surface area contributed by atoms with Gasteiger partial charge in [-0.3, -0.25) is 4.98 Å². The molecule has 3 heterocycles. The highest BCUT2D eigenvalue weighted by Crippen LogP contribution is 2.33. The van der Waals surface area contributed by atoms with Crippen LogP contribution in [0.4, 0.5) is 23.4 Å². The fraction of sp³-hybridized carbons (Fsp3) is 0.278. The normalized spacial score (nSPS) is 14.6. The van der Waals surface area contributed by atoms with Crippen LogP contribution in [-0.2, 0) is 19.1 Å². The molecule has 0 N–H and O–H groups in total. The molecule has 0 saturated heterocycles. The number of fused-ring (bicyclic) bond motifs is 2. The highest BCUT2D eigenvalue weighted by atomic mass is 19.4. The van der Waals surface area contributed by atoms with Crippen LogP contribution < -0.4 is 4.90 Å². The van der Waals surface area contributed by atoms with Gasteiger partial charge < -0.3 is 4.90 Å². The molecule has 26 heavy (non-hydrogen) atoms. The number of anilines is 1. The van der Waals surface area contributed by atoms with E-state index < -0.39 is 17.6 Å². The Kier molecular flexibility index (Phi) is 3.78. The molecule has 8 heteroatoms. The quantitative estimate of drug-likeness (QED) is 0.613. The first-order chi connectivity index (χ1) is 12.3. The molecule has 0 atom stereocenters. The zero-order valence-corrected chi connectivity index (χ0v) is 13.8. The van der Waals surface area contributed by atoms with Gasteiger partial charge in [-0.2, -0.15) is 13.2 Å². The number of nitrogens with zero attached hydrogens (tertiary/aromatic N) is 4. The van der Waals surface area contributed by atoms with Crippen molar-refractivity contribution in [2.24, 2.45) is 0 Å². The molecular weight excluding hydrogens is 348 g/mol. The first kappa shape index (κ1) is 16.7. The van der Waals surface area contributed by atoms with Gasteiger partial charge in [-0.1, -0.05) is 6.07 Å². The molecule has 0 spiro atoms. The van der Waals surface area contributed by atoms with Gasteiger partial charge in [0.25, 0.3) is 0 Å². The second-order valence-electron chi connectivity index (χ2n) is 6.23. The Morgan fingerprint density at radius 2 is 1.96 bits per heavy atom. The molecule has 0 aliphatic carbocycles. The number of pyridine rings is 1. The third-order valence-electron chi connectivity index (χ3n) is 4.44. The fourth-order valence-electron chi connectivity index (χ4n) is 3.21. The summed E-state index contributed by atoms with van der Waals surface area (Å²) in [5.74, 6) is 0.480. The van der Waals surface area contributed by atoms with Crippen LogP contribution in [-0.4, -0.2) is 21.5 Å². The SMILES string of the molecule is Cc1nc(N2CCc3ncc(C(F)(F)F)cc3C2)c2cccc(F)c2n1. The lowest BCUT2D eigenvalue weighted by Gasteiger charge is -2.30. The highest BCUT2D eigenvalue weighted by molar-refractivity contribution is 5.90. The van der Waals surface area contributed by atoms with Crippen molar-refractivity contribution < 1.29 is 17.6 Å². The largest absolute Gasteiger partial charge is 0.417 e. The molecule has 1 aromatic carbocycles. The standard InChI is InChI=1S/C18H14F4N4/c1-10-24-16-13(3-2-4-14(16)19)17(25-10)26-6-5-15-11(9-26)7-12(8-23-15)18(20,21)22/h2-4,7-8H,5-6,9H2,1H3. The maximum atomic E-state index is 14.1. The van der Waals surface area contributed by atoms with Crippen molar-refractivity contribution in [3.8, 4) is 0 Å². The van der Waals surface area contributed by atoms with E-state index in [1.54, 1.807) is 19.1 Å². The highest BCUT2D eigenvalue weighted by Gasteiger charge is 2.32. The van der Waals surface area contributed by atoms with Crippen LogP contribution in [0.3, 0.4) is 0 Å². The molecule has 0 unspecified atom stereocenters. The Labute approximate surface area is 146 Å². The van der Waals surface area contributed by atoms with Crippen molar-refractivity contribution in [2.45, 2.75) is 26.1 Å². The molecule has 4 nitrogen and oxygen atoms in total. The number of hydrogen-bond donors (Lipinski definition) is 0. The zero-order valence-electron chi connectivity index (χ0n) is 13.8. The summed E-state index contributed by atoms with van der Waals surface area (Å²) in [4.78, 5) is 14.4. The van der Waals surface area contributed by atoms with E-state index in [1.165, 1.54) is 6.07 Å². The summed E-state index contributed by atoms with van der Waals surface area (Å²) in [6.07, 6.45) is -3.08. The molecule has 0 amide bonds. The van der Waals surface area contributed by atoms with Crippen molar-refractivity contribution in [3.05, 3.63) is 58.9 Å². The number of aromatic nitrogens is 3. The Balaban J connectivity index is 1.78. The third-order valence-corrected chi connectivity index (χ3v) is 4.44. The van der Waals surface area contributed by atoms with Crippen molar-refractivity contribution in [1.82, 2.24) is 15.0 Å². The van der Waals surface area contributed by atoms with Gasteiger partial charge in [0.15, 0.2) is 0 Å². The van der Waals surface area contributed by atoms with Crippen molar-refractivity contribution in [1.29, 1.82) is 0 Å². The molecule has 3 aromatic rings. The third kappa shape index (κ3) is 2.85. The Morgan fingerprint density at radius 3 is 2.73 bits per heavy atom. The lowest BCUT2D eigenvalue weighted by atomic mass is 10.0. The Hall–Kier alpha value is -2.77. The minimum absolute atomic E-state index is 0.211. The minimum Gasteiger partial charge on any atom is -0.351 e. The maximum absolute atomic E-state index is 14.1. The first-order valence-corrected chi connectivity index (χ1v) is 8.06. The van der Waals surface area contributed by atoms with E-state index >= 15 is 0 Å². The molecule has 2 aromatic heterocycles. The Bertz CT molecular complexity index is 1000. The van der Waals surface area contributed by atoms with E-state index in [4.69, 9.17) is 0 Å². The number of aryl methyl sites for hydroxylation is 1. The van der Waals surface area contributed by atoms with E-state index in [9.17, 15) is 17.6 Å². The fourth-order valence-corrected chi connectivity index (χ4v) is 3.21. The molecule has 1 aliphatic heterocycles. The summed E-state index contributed by atoms with van der Waals surface area (Å²) in [6, 6.07) is 5.74. The van der Waals surface area contributed by atoms with Crippen LogP contribution in [0.5, 0.6) is 0 Å². The van der Waals surface area contributed by atoms with E-state index in [2.05, 4.69) is 15.0 Å². The van der Waals surface area contributed by atoms with Gasteiger partial charge in [0.05, 0.1) is 5.56 Å². The van der Waals surface area contributed by atoms with E-state index in [-0.39, 0.29) is 12.1 Å². The number of benzene rings is 1. The van der Waals surface area contributed by atoms with Crippen LogP contribution in [0.25, 0.3) is 10.9 Å². The summed E-state index contributed by atoms with van der Waals surface area (Å²) < 4.78 is 53.0. The van der Waals surface area contributed by atoms with Gasteiger partial charge in [-0.25, -0.2) is 14.4 Å². The van der Waals surface area contributed by atoms with Crippen LogP contribution >= 0.6 is 0 Å². The van der Waals surface area contributed by atoms with Crippen molar-refractivity contribution >= 4 is 16.7 Å². The monoisotopic (exact) mass is 362 g/mol. The predicted octanol–water partition coefficient (Wildman–Crippen LogP) is 4.05. The van der Waals surface area contributed by atoms with E-state index in [1.807, 2.05) is 4.90 Å². The smallest absolute Gasteiger partial charge is 0.351 e. The van der Waals surface area contributed by atoms with Gasteiger partial charge in [0.2, 0.25) is 0 Å². The van der Waals surface area contributed by atoms with Crippen LogP contribution in [0.2, 0.25) is 0 Å². The van der Waals surface area contributed by atoms with Crippen LogP contribution in [0, 0.1) is 12.7 Å². The number of para-hydroxylation sites is 1. The predicted molar refractivity (Wildman–Crippen MR) is 88.2 cm³/mol. The van der Waals surface area contributed by atoms with E-state index in [0.29, 0.717) is 41.3 Å². The second kappa shape index (κ2) is 5.89. The number of alkyl halides is 3. The lowest BCUT2D eigenvalue weighted by Crippen LogP contribution is -2.32. The average molecular weight is 362 g/mol. The molecule has 134 valence electrons. The first-order valence-electron chi connectivity index (χ1n) is 8.06. The Morgan fingerprint density at radius 1 is 1.15 bits per heavy atom. The molecule has 1 aliphatic rings. The van der Waals surface area contributed by atoms with Crippen molar-refractivity contribution in [2.75, 3.05) is 11.4 Å². The maximum Gasteiger partial charge on any atom is 0.417 e. The minimum atomic E-state index is -4.44. The molecule has 0 saturated carbocycles. The van der Waals surface area contributed by atoms with Gasteiger partial charge in [-0.15, -0.1) is 0 Å². The summed E-state index contributed by atoms with van der Waals surface area (Å²) in [5, 5.41) is 0.541. The van der Waals surface area contributed by atoms with E-state index in [0.717, 1.165) is 12.3 Å². The van der Waals surface area contributed by atoms with Gasteiger partial charge in [-0.05, 0) is 30.7 Å². The summed E-state index contributed by atoms with van der Waals surface area (Å²) >= 11 is 0. The molecular formula is C18H14F4N4. The second-order valence-corrected chi connectivity index (χ2v) is 6.23. The van der Waals surface area contributed by atoms with Crippen LogP contribution in [0.15, 0.2) is 30.5 Å².